The second-order valence-electron chi connectivity index (χ2n) is 3.88. The van der Waals surface area contributed by atoms with Gasteiger partial charge in [0.1, 0.15) is 0 Å². The number of hydrogen-bond acceptors (Lipinski definition) is 6. The molecule has 0 aliphatic heterocycles. The predicted molar refractivity (Wildman–Crippen MR) is 84.1 cm³/mol. The summed E-state index contributed by atoms with van der Waals surface area (Å²) in [6.07, 6.45) is 0.222. The van der Waals surface area contributed by atoms with E-state index in [0.29, 0.717) is 5.75 Å². The van der Waals surface area contributed by atoms with Crippen LogP contribution in [0.2, 0.25) is 0 Å². The lowest BCUT2D eigenvalue weighted by molar-refractivity contribution is 0.201. The normalized spacial score (nSPS) is 13.3. The maximum atomic E-state index is 12.6. The lowest BCUT2D eigenvalue weighted by atomic mass is 10.3. The molecule has 0 heterocycles. The Morgan fingerprint density at radius 1 is 1.29 bits per heavy atom. The number of carbonyl (C=O) groups is 1. The highest BCUT2D eigenvalue weighted by Crippen LogP contribution is 2.61. The molecular weight excluding hydrogens is 313 g/mol. The van der Waals surface area contributed by atoms with Crippen LogP contribution in [-0.4, -0.2) is 25.5 Å². The van der Waals surface area contributed by atoms with E-state index in [-0.39, 0.29) is 18.1 Å². The second kappa shape index (κ2) is 8.97. The summed E-state index contributed by atoms with van der Waals surface area (Å²) in [7, 11) is 1.45. The molecule has 0 aromatic heterocycles. The number of hydrogen-bond donors (Lipinski definition) is 1. The van der Waals surface area contributed by atoms with Gasteiger partial charge in [0.2, 0.25) is 0 Å². The molecule has 0 spiro atoms. The monoisotopic (exact) mass is 333 g/mol. The van der Waals surface area contributed by atoms with E-state index in [1.807, 2.05) is 6.92 Å². The third kappa shape index (κ3) is 5.99. The van der Waals surface area contributed by atoms with Gasteiger partial charge in [-0.2, -0.15) is 0 Å². The number of carbonyl (C=O) groups excluding carboxylic acids is 1. The van der Waals surface area contributed by atoms with Crippen LogP contribution < -0.4 is 14.6 Å². The zero-order valence-electron chi connectivity index (χ0n) is 12.3. The number of nitrogens with one attached hydrogen (secondary N) is 1. The van der Waals surface area contributed by atoms with Crippen LogP contribution in [0.5, 0.6) is 11.5 Å². The fourth-order valence-electron chi connectivity index (χ4n) is 1.33. The average Bonchev–Trinajstić information content (AvgIpc) is 2.47. The van der Waals surface area contributed by atoms with Gasteiger partial charge in [-0.25, -0.2) is 9.36 Å². The van der Waals surface area contributed by atoms with E-state index in [0.717, 1.165) is 17.8 Å². The molecule has 0 fully saturated rings. The van der Waals surface area contributed by atoms with Crippen molar-refractivity contribution in [3.05, 3.63) is 24.3 Å². The number of ether oxygens (including phenoxy) is 1. The van der Waals surface area contributed by atoms with Gasteiger partial charge < -0.3 is 14.6 Å². The van der Waals surface area contributed by atoms with Crippen molar-refractivity contribution >= 4 is 24.3 Å². The van der Waals surface area contributed by atoms with Crippen LogP contribution in [0.1, 0.15) is 20.3 Å². The van der Waals surface area contributed by atoms with Crippen LogP contribution in [0.3, 0.4) is 0 Å². The van der Waals surface area contributed by atoms with E-state index < -0.39 is 12.9 Å². The second-order valence-corrected chi connectivity index (χ2v) is 7.99. The minimum Gasteiger partial charge on any atom is -0.413 e. The molecule has 0 bridgehead atoms. The summed E-state index contributed by atoms with van der Waals surface area (Å²) >= 11 is 1.13. The van der Waals surface area contributed by atoms with E-state index in [9.17, 15) is 9.36 Å². The van der Waals surface area contributed by atoms with Crippen LogP contribution in [0.15, 0.2) is 24.3 Å². The molecule has 1 unspecified atom stereocenters. The zero-order valence-corrected chi connectivity index (χ0v) is 14.0. The molecule has 118 valence electrons. The maximum absolute atomic E-state index is 12.6. The van der Waals surface area contributed by atoms with Gasteiger partial charge in [-0.1, -0.05) is 19.1 Å². The van der Waals surface area contributed by atoms with Crippen LogP contribution >= 0.6 is 18.2 Å². The Balaban J connectivity index is 2.92. The molecule has 21 heavy (non-hydrogen) atoms. The summed E-state index contributed by atoms with van der Waals surface area (Å²) in [6.45, 7) is 0.662. The number of amides is 1. The molecule has 1 rings (SSSR count). The highest BCUT2D eigenvalue weighted by Gasteiger charge is 2.28. The lowest BCUT2D eigenvalue weighted by Gasteiger charge is -2.18. The molecule has 1 amide bonds. The number of benzene rings is 1. The van der Waals surface area contributed by atoms with Crippen LogP contribution in [0, 0.1) is 0 Å². The third-order valence-electron chi connectivity index (χ3n) is 2.21. The highest BCUT2D eigenvalue weighted by atomic mass is 32.7. The van der Waals surface area contributed by atoms with E-state index in [1.54, 1.807) is 31.2 Å². The van der Waals surface area contributed by atoms with Crippen molar-refractivity contribution in [3.8, 4) is 11.5 Å². The van der Waals surface area contributed by atoms with Gasteiger partial charge in [0, 0.05) is 12.8 Å². The fraction of sp³-hybridized carbons (Fsp3) is 0.462. The topological polar surface area (TPSA) is 73.9 Å². The molecule has 1 atom stereocenters. The highest BCUT2D eigenvalue weighted by molar-refractivity contribution is 8.55. The van der Waals surface area contributed by atoms with Crippen LogP contribution in [0.25, 0.3) is 0 Å². The van der Waals surface area contributed by atoms with Crippen molar-refractivity contribution in [2.24, 2.45) is 0 Å². The average molecular weight is 333 g/mol. The van der Waals surface area contributed by atoms with Crippen molar-refractivity contribution in [2.45, 2.75) is 20.3 Å². The molecular formula is C13H20NO5PS. The summed E-state index contributed by atoms with van der Waals surface area (Å²) in [5, 5.41) is 2.34. The smallest absolute Gasteiger partial charge is 0.413 e. The minimum absolute atomic E-state index is 0.189. The molecule has 0 radical (unpaired) electrons. The standard InChI is InChI=1S/C13H20NO5PS/c1-4-10-21-20(16,17-5-2)19-12-9-7-6-8-11(12)18-13(15)14-3/h6-9H,4-5,10H2,1-3H3,(H,14,15). The number of rotatable bonds is 8. The molecule has 1 aromatic carbocycles. The Hall–Kier alpha value is -1.17. The minimum atomic E-state index is -3.33. The van der Waals surface area contributed by atoms with Crippen molar-refractivity contribution < 1.29 is 23.1 Å². The Labute approximate surface area is 128 Å². The van der Waals surface area contributed by atoms with Crippen molar-refractivity contribution in [1.29, 1.82) is 0 Å². The van der Waals surface area contributed by atoms with Gasteiger partial charge in [0.05, 0.1) is 6.61 Å². The zero-order chi connectivity index (χ0) is 15.7. The van der Waals surface area contributed by atoms with Crippen molar-refractivity contribution in [1.82, 2.24) is 5.32 Å². The molecule has 6 nitrogen and oxygen atoms in total. The molecule has 0 aliphatic rings. The Bertz CT molecular complexity index is 511. The Morgan fingerprint density at radius 2 is 1.95 bits per heavy atom. The SMILES string of the molecule is CCCSP(=O)(OCC)Oc1ccccc1OC(=O)NC. The van der Waals surface area contributed by atoms with Gasteiger partial charge in [-0.15, -0.1) is 0 Å². The van der Waals surface area contributed by atoms with E-state index in [4.69, 9.17) is 13.8 Å². The van der Waals surface area contributed by atoms with Gasteiger partial charge in [0.25, 0.3) is 0 Å². The lowest BCUT2D eigenvalue weighted by Crippen LogP contribution is -2.22. The molecule has 1 N–H and O–H groups in total. The molecule has 0 aliphatic carbocycles. The Kier molecular flexibility index (Phi) is 7.64. The summed E-state index contributed by atoms with van der Waals surface area (Å²) in [5.74, 6) is 1.05. The van der Waals surface area contributed by atoms with Crippen LogP contribution in [-0.2, 0) is 9.09 Å². The Morgan fingerprint density at radius 3 is 2.52 bits per heavy atom. The van der Waals surface area contributed by atoms with Crippen molar-refractivity contribution in [3.63, 3.8) is 0 Å². The van der Waals surface area contributed by atoms with Crippen molar-refractivity contribution in [2.75, 3.05) is 19.4 Å². The third-order valence-corrected chi connectivity index (χ3v) is 6.14. The maximum Gasteiger partial charge on any atom is 0.440 e. The summed E-state index contributed by atoms with van der Waals surface area (Å²) in [4.78, 5) is 11.3. The summed E-state index contributed by atoms with van der Waals surface area (Å²) in [6, 6.07) is 6.53. The van der Waals surface area contributed by atoms with Gasteiger partial charge in [-0.3, -0.25) is 4.52 Å². The summed E-state index contributed by atoms with van der Waals surface area (Å²) in [5.41, 5.74) is 0. The molecule has 8 heteroatoms. The quantitative estimate of drug-likeness (QED) is 0.723. The van der Waals surface area contributed by atoms with E-state index >= 15 is 0 Å². The first-order valence-corrected chi connectivity index (χ1v) is 9.75. The van der Waals surface area contributed by atoms with Gasteiger partial charge in [-0.05, 0) is 36.9 Å². The first-order chi connectivity index (χ1) is 10.0. The number of para-hydroxylation sites is 2. The first-order valence-electron chi connectivity index (χ1n) is 6.62. The summed E-state index contributed by atoms with van der Waals surface area (Å²) < 4.78 is 28.4. The van der Waals surface area contributed by atoms with Gasteiger partial charge >= 0.3 is 12.9 Å². The molecule has 1 aromatic rings. The predicted octanol–water partition coefficient (Wildman–Crippen LogP) is 4.07. The fourth-order valence-corrected chi connectivity index (χ4v) is 4.78. The first kappa shape index (κ1) is 17.9. The van der Waals surface area contributed by atoms with Gasteiger partial charge in [0.15, 0.2) is 11.5 Å². The molecule has 0 saturated heterocycles. The van der Waals surface area contributed by atoms with Crippen LogP contribution in [0.4, 0.5) is 4.79 Å². The van der Waals surface area contributed by atoms with E-state index in [1.165, 1.54) is 7.05 Å². The largest absolute Gasteiger partial charge is 0.440 e. The molecule has 0 saturated carbocycles. The van der Waals surface area contributed by atoms with E-state index in [2.05, 4.69) is 5.32 Å².